The molecule has 6 nitrogen and oxygen atoms in total. The summed E-state index contributed by atoms with van der Waals surface area (Å²) in [7, 11) is 0. The molecule has 0 unspecified atom stereocenters. The Bertz CT molecular complexity index is 616. The Morgan fingerprint density at radius 2 is 2.14 bits per heavy atom. The van der Waals surface area contributed by atoms with E-state index in [-0.39, 0.29) is 29.6 Å². The number of Topliss-reactive ketones (excluding diaryl/α,β-unsaturated/α-hetero) is 1. The number of carbonyl (C=O) groups excluding carboxylic acids is 2. The summed E-state index contributed by atoms with van der Waals surface area (Å²) in [6.07, 6.45) is 2.90. The molecular weight excluding hydrogens is 274 g/mol. The fourth-order valence-electron chi connectivity index (χ4n) is 1.90. The van der Waals surface area contributed by atoms with Crippen LogP contribution in [0.3, 0.4) is 0 Å². The second kappa shape index (κ2) is 6.30. The molecule has 1 saturated carbocycles. The number of nitro groups is 1. The van der Waals surface area contributed by atoms with Gasteiger partial charge in [-0.3, -0.25) is 14.9 Å². The van der Waals surface area contributed by atoms with Crippen molar-refractivity contribution in [3.8, 4) is 0 Å². The third kappa shape index (κ3) is 3.75. The van der Waals surface area contributed by atoms with Gasteiger partial charge in [-0.1, -0.05) is 12.1 Å². The molecule has 6 heteroatoms. The van der Waals surface area contributed by atoms with Gasteiger partial charge in [0.25, 0.3) is 5.69 Å². The van der Waals surface area contributed by atoms with Gasteiger partial charge in [0.2, 0.25) is 0 Å². The van der Waals surface area contributed by atoms with Gasteiger partial charge in [0.1, 0.15) is 5.57 Å². The Balaban J connectivity index is 2.34. The van der Waals surface area contributed by atoms with Gasteiger partial charge >= 0.3 is 5.97 Å². The van der Waals surface area contributed by atoms with E-state index >= 15 is 0 Å². The van der Waals surface area contributed by atoms with E-state index in [2.05, 4.69) is 0 Å². The lowest BCUT2D eigenvalue weighted by atomic mass is 10.0. The molecule has 1 fully saturated rings. The molecule has 0 N–H and O–H groups in total. The van der Waals surface area contributed by atoms with Gasteiger partial charge < -0.3 is 4.74 Å². The van der Waals surface area contributed by atoms with Crippen LogP contribution >= 0.6 is 0 Å². The molecule has 0 radical (unpaired) electrons. The molecule has 0 atom stereocenters. The number of rotatable bonds is 6. The number of nitro benzene ring substituents is 1. The Morgan fingerprint density at radius 3 is 2.71 bits per heavy atom. The van der Waals surface area contributed by atoms with E-state index in [0.717, 1.165) is 12.8 Å². The fraction of sp³-hybridized carbons (Fsp3) is 0.333. The zero-order valence-corrected chi connectivity index (χ0v) is 11.6. The van der Waals surface area contributed by atoms with Gasteiger partial charge in [0.15, 0.2) is 5.78 Å². The van der Waals surface area contributed by atoms with E-state index in [1.165, 1.54) is 24.3 Å². The SMILES string of the molecule is CCOC(=O)C(=Cc1cccc([N+](=O)[O-])c1)C(=O)C1CC1. The largest absolute Gasteiger partial charge is 0.462 e. The third-order valence-corrected chi connectivity index (χ3v) is 3.10. The van der Waals surface area contributed by atoms with Gasteiger partial charge in [0, 0.05) is 18.1 Å². The highest BCUT2D eigenvalue weighted by molar-refractivity contribution is 6.22. The van der Waals surface area contributed by atoms with E-state index < -0.39 is 10.9 Å². The van der Waals surface area contributed by atoms with Crippen molar-refractivity contribution < 1.29 is 19.2 Å². The Labute approximate surface area is 121 Å². The van der Waals surface area contributed by atoms with Crippen LogP contribution in [0.5, 0.6) is 0 Å². The third-order valence-electron chi connectivity index (χ3n) is 3.10. The lowest BCUT2D eigenvalue weighted by Crippen LogP contribution is -2.17. The van der Waals surface area contributed by atoms with Crippen molar-refractivity contribution >= 4 is 23.5 Å². The number of ketones is 1. The fourth-order valence-corrected chi connectivity index (χ4v) is 1.90. The molecule has 0 aromatic heterocycles. The van der Waals surface area contributed by atoms with Crippen LogP contribution in [0.1, 0.15) is 25.3 Å². The lowest BCUT2D eigenvalue weighted by molar-refractivity contribution is -0.384. The van der Waals surface area contributed by atoms with Crippen molar-refractivity contribution in [1.82, 2.24) is 0 Å². The standard InChI is InChI=1S/C15H15NO5/c1-2-21-15(18)13(14(17)11-6-7-11)9-10-4-3-5-12(8-10)16(19)20/h3-5,8-9,11H,2,6-7H2,1H3. The number of ether oxygens (including phenoxy) is 1. The average Bonchev–Trinajstić information content (AvgIpc) is 3.29. The van der Waals surface area contributed by atoms with Crippen molar-refractivity contribution in [2.75, 3.05) is 6.61 Å². The Kier molecular flexibility index (Phi) is 4.47. The first-order valence-corrected chi connectivity index (χ1v) is 6.70. The molecule has 1 aromatic carbocycles. The van der Waals surface area contributed by atoms with Gasteiger partial charge in [-0.25, -0.2) is 4.79 Å². The van der Waals surface area contributed by atoms with E-state index in [9.17, 15) is 19.7 Å². The molecule has 0 spiro atoms. The predicted molar refractivity (Wildman–Crippen MR) is 75.4 cm³/mol. The van der Waals surface area contributed by atoms with Gasteiger partial charge in [0.05, 0.1) is 11.5 Å². The van der Waals surface area contributed by atoms with Gasteiger partial charge in [-0.15, -0.1) is 0 Å². The first-order valence-electron chi connectivity index (χ1n) is 6.70. The molecular formula is C15H15NO5. The first-order chi connectivity index (χ1) is 10.0. The van der Waals surface area contributed by atoms with Crippen molar-refractivity contribution in [2.24, 2.45) is 5.92 Å². The van der Waals surface area contributed by atoms with Crippen molar-refractivity contribution in [3.05, 3.63) is 45.5 Å². The number of hydrogen-bond donors (Lipinski definition) is 0. The van der Waals surface area contributed by atoms with Crippen LogP contribution in [0.25, 0.3) is 6.08 Å². The molecule has 0 aliphatic heterocycles. The molecule has 110 valence electrons. The summed E-state index contributed by atoms with van der Waals surface area (Å²) < 4.78 is 4.89. The quantitative estimate of drug-likeness (QED) is 0.200. The Morgan fingerprint density at radius 1 is 1.43 bits per heavy atom. The Hall–Kier alpha value is -2.50. The summed E-state index contributed by atoms with van der Waals surface area (Å²) in [5.41, 5.74) is 0.298. The summed E-state index contributed by atoms with van der Waals surface area (Å²) in [6.45, 7) is 1.83. The number of esters is 1. The van der Waals surface area contributed by atoms with Crippen LogP contribution in [0.2, 0.25) is 0 Å². The monoisotopic (exact) mass is 289 g/mol. The number of carbonyl (C=O) groups is 2. The maximum absolute atomic E-state index is 12.1. The van der Waals surface area contributed by atoms with E-state index in [1.807, 2.05) is 0 Å². The topological polar surface area (TPSA) is 86.5 Å². The summed E-state index contributed by atoms with van der Waals surface area (Å²) in [4.78, 5) is 34.3. The lowest BCUT2D eigenvalue weighted by Gasteiger charge is -2.05. The number of non-ortho nitro benzene ring substituents is 1. The molecule has 21 heavy (non-hydrogen) atoms. The molecule has 2 rings (SSSR count). The predicted octanol–water partition coefficient (Wildman–Crippen LogP) is 2.52. The minimum absolute atomic E-state index is 0.0418. The molecule has 0 bridgehead atoms. The molecule has 1 aliphatic carbocycles. The number of benzene rings is 1. The summed E-state index contributed by atoms with van der Waals surface area (Å²) in [6, 6.07) is 5.78. The summed E-state index contributed by atoms with van der Waals surface area (Å²) in [5, 5.41) is 10.8. The zero-order valence-electron chi connectivity index (χ0n) is 11.6. The molecule has 1 aliphatic rings. The van der Waals surface area contributed by atoms with Crippen LogP contribution in [0.4, 0.5) is 5.69 Å². The maximum Gasteiger partial charge on any atom is 0.341 e. The summed E-state index contributed by atoms with van der Waals surface area (Å²) >= 11 is 0. The highest BCUT2D eigenvalue weighted by Gasteiger charge is 2.35. The van der Waals surface area contributed by atoms with Crippen LogP contribution in [0.15, 0.2) is 29.8 Å². The second-order valence-electron chi connectivity index (χ2n) is 4.77. The summed E-state index contributed by atoms with van der Waals surface area (Å²) in [5.74, 6) is -1.06. The molecule has 0 heterocycles. The molecule has 0 amide bonds. The normalized spacial score (nSPS) is 14.6. The second-order valence-corrected chi connectivity index (χ2v) is 4.77. The van der Waals surface area contributed by atoms with Crippen LogP contribution in [-0.4, -0.2) is 23.3 Å². The minimum atomic E-state index is -0.680. The van der Waals surface area contributed by atoms with Crippen molar-refractivity contribution in [3.63, 3.8) is 0 Å². The maximum atomic E-state index is 12.1. The highest BCUT2D eigenvalue weighted by atomic mass is 16.6. The van der Waals surface area contributed by atoms with Crippen molar-refractivity contribution in [2.45, 2.75) is 19.8 Å². The van der Waals surface area contributed by atoms with Crippen LogP contribution in [0, 0.1) is 16.0 Å². The van der Waals surface area contributed by atoms with Gasteiger partial charge in [-0.05, 0) is 31.4 Å². The van der Waals surface area contributed by atoms with Crippen LogP contribution < -0.4 is 0 Å². The van der Waals surface area contributed by atoms with E-state index in [1.54, 1.807) is 13.0 Å². The molecule has 1 aromatic rings. The van der Waals surface area contributed by atoms with E-state index in [4.69, 9.17) is 4.74 Å². The highest BCUT2D eigenvalue weighted by Crippen LogP contribution is 2.33. The van der Waals surface area contributed by atoms with Gasteiger partial charge in [-0.2, -0.15) is 0 Å². The molecule has 0 saturated heterocycles. The first kappa shape index (κ1) is 14.9. The van der Waals surface area contributed by atoms with Crippen molar-refractivity contribution in [1.29, 1.82) is 0 Å². The number of hydrogen-bond acceptors (Lipinski definition) is 5. The zero-order chi connectivity index (χ0) is 15.4. The smallest absolute Gasteiger partial charge is 0.341 e. The van der Waals surface area contributed by atoms with E-state index in [0.29, 0.717) is 5.56 Å². The number of nitrogens with zero attached hydrogens (tertiary/aromatic N) is 1. The minimum Gasteiger partial charge on any atom is -0.462 e. The average molecular weight is 289 g/mol. The van der Waals surface area contributed by atoms with Crippen LogP contribution in [-0.2, 0) is 14.3 Å².